The zero-order chi connectivity index (χ0) is 20.3. The standard InChI is InChI=1S/C22H28O6/c1-23-16-12-18(25-3)17(24-2)11-15(16)14-9-7-8-13-10-19(26-4)21(27-5)22(28-6)20(13)14/h10-12,14H,7-9H2,1-6H3/t14-/m0/s1. The van der Waals surface area contributed by atoms with Crippen LogP contribution in [0, 0.1) is 0 Å². The summed E-state index contributed by atoms with van der Waals surface area (Å²) in [6, 6.07) is 5.92. The Morgan fingerprint density at radius 1 is 0.643 bits per heavy atom. The zero-order valence-electron chi connectivity index (χ0n) is 17.4. The van der Waals surface area contributed by atoms with Gasteiger partial charge in [-0.2, -0.15) is 0 Å². The number of benzene rings is 2. The lowest BCUT2D eigenvalue weighted by atomic mass is 9.77. The summed E-state index contributed by atoms with van der Waals surface area (Å²) in [5, 5.41) is 0. The Kier molecular flexibility index (Phi) is 6.07. The third kappa shape index (κ3) is 3.28. The van der Waals surface area contributed by atoms with Crippen LogP contribution >= 0.6 is 0 Å². The smallest absolute Gasteiger partial charge is 0.203 e. The molecule has 6 nitrogen and oxygen atoms in total. The summed E-state index contributed by atoms with van der Waals surface area (Å²) in [5.74, 6) is 4.13. The lowest BCUT2D eigenvalue weighted by Crippen LogP contribution is -2.15. The van der Waals surface area contributed by atoms with E-state index in [1.54, 1.807) is 42.7 Å². The second-order valence-electron chi connectivity index (χ2n) is 6.61. The van der Waals surface area contributed by atoms with Gasteiger partial charge in [0, 0.05) is 23.1 Å². The molecule has 1 aliphatic rings. The van der Waals surface area contributed by atoms with E-state index in [0.29, 0.717) is 28.7 Å². The van der Waals surface area contributed by atoms with Crippen LogP contribution in [-0.2, 0) is 6.42 Å². The van der Waals surface area contributed by atoms with Crippen molar-refractivity contribution in [2.24, 2.45) is 0 Å². The molecule has 1 atom stereocenters. The van der Waals surface area contributed by atoms with Crippen LogP contribution in [0.5, 0.6) is 34.5 Å². The molecule has 0 amide bonds. The van der Waals surface area contributed by atoms with Crippen molar-refractivity contribution in [3.8, 4) is 34.5 Å². The Morgan fingerprint density at radius 2 is 1.25 bits per heavy atom. The monoisotopic (exact) mass is 388 g/mol. The van der Waals surface area contributed by atoms with Crippen molar-refractivity contribution >= 4 is 0 Å². The molecule has 0 aromatic heterocycles. The van der Waals surface area contributed by atoms with E-state index >= 15 is 0 Å². The van der Waals surface area contributed by atoms with Gasteiger partial charge in [-0.05, 0) is 37.0 Å². The van der Waals surface area contributed by atoms with Gasteiger partial charge < -0.3 is 28.4 Å². The Hall–Kier alpha value is -2.76. The van der Waals surface area contributed by atoms with E-state index in [1.807, 2.05) is 12.1 Å². The number of ether oxygens (including phenoxy) is 6. The second kappa shape index (κ2) is 8.50. The molecule has 3 rings (SSSR count). The highest BCUT2D eigenvalue weighted by atomic mass is 16.5. The molecule has 0 bridgehead atoms. The van der Waals surface area contributed by atoms with Gasteiger partial charge in [0.1, 0.15) is 5.75 Å². The molecular weight excluding hydrogens is 360 g/mol. The molecule has 0 saturated carbocycles. The van der Waals surface area contributed by atoms with Gasteiger partial charge in [0.2, 0.25) is 5.75 Å². The van der Waals surface area contributed by atoms with Gasteiger partial charge in [0.25, 0.3) is 0 Å². The second-order valence-corrected chi connectivity index (χ2v) is 6.61. The van der Waals surface area contributed by atoms with E-state index in [2.05, 4.69) is 6.07 Å². The maximum absolute atomic E-state index is 5.80. The van der Waals surface area contributed by atoms with E-state index in [9.17, 15) is 0 Å². The lowest BCUT2D eigenvalue weighted by Gasteiger charge is -2.30. The molecule has 0 heterocycles. The molecular formula is C22H28O6. The van der Waals surface area contributed by atoms with E-state index in [-0.39, 0.29) is 5.92 Å². The van der Waals surface area contributed by atoms with Crippen molar-refractivity contribution in [3.63, 3.8) is 0 Å². The van der Waals surface area contributed by atoms with Crippen molar-refractivity contribution in [1.29, 1.82) is 0 Å². The molecule has 0 unspecified atom stereocenters. The van der Waals surface area contributed by atoms with Crippen LogP contribution in [-0.4, -0.2) is 42.7 Å². The molecule has 1 aliphatic carbocycles. The molecule has 0 radical (unpaired) electrons. The van der Waals surface area contributed by atoms with Gasteiger partial charge in [-0.15, -0.1) is 0 Å². The highest BCUT2D eigenvalue weighted by Crippen LogP contribution is 2.52. The van der Waals surface area contributed by atoms with Crippen molar-refractivity contribution in [1.82, 2.24) is 0 Å². The number of hydrogen-bond acceptors (Lipinski definition) is 6. The zero-order valence-corrected chi connectivity index (χ0v) is 17.4. The van der Waals surface area contributed by atoms with Crippen LogP contribution in [0.25, 0.3) is 0 Å². The predicted molar refractivity (Wildman–Crippen MR) is 107 cm³/mol. The van der Waals surface area contributed by atoms with E-state index in [0.717, 1.165) is 36.1 Å². The Labute approximate surface area is 166 Å². The summed E-state index contributed by atoms with van der Waals surface area (Å²) < 4.78 is 33.6. The van der Waals surface area contributed by atoms with Gasteiger partial charge in [0.15, 0.2) is 23.0 Å². The Bertz CT molecular complexity index is 846. The first-order valence-corrected chi connectivity index (χ1v) is 9.25. The molecule has 6 heteroatoms. The number of aryl methyl sites for hydroxylation is 1. The fourth-order valence-corrected chi connectivity index (χ4v) is 4.10. The SMILES string of the molecule is COc1cc(OC)c([C@@H]2CCCc3cc(OC)c(OC)c(OC)c32)cc1OC. The normalized spacial score (nSPS) is 15.4. The third-order valence-corrected chi connectivity index (χ3v) is 5.35. The van der Waals surface area contributed by atoms with Gasteiger partial charge in [0.05, 0.1) is 42.7 Å². The van der Waals surface area contributed by atoms with E-state index < -0.39 is 0 Å². The largest absolute Gasteiger partial charge is 0.496 e. The van der Waals surface area contributed by atoms with Crippen LogP contribution in [0.4, 0.5) is 0 Å². The summed E-state index contributed by atoms with van der Waals surface area (Å²) >= 11 is 0. The topological polar surface area (TPSA) is 55.4 Å². The maximum Gasteiger partial charge on any atom is 0.203 e. The quantitative estimate of drug-likeness (QED) is 0.708. The van der Waals surface area contributed by atoms with E-state index in [1.165, 1.54) is 5.56 Å². The predicted octanol–water partition coefficient (Wildman–Crippen LogP) is 4.21. The summed E-state index contributed by atoms with van der Waals surface area (Å²) in [5.41, 5.74) is 3.34. The van der Waals surface area contributed by atoms with Crippen LogP contribution in [0.2, 0.25) is 0 Å². The summed E-state index contributed by atoms with van der Waals surface area (Å²) in [4.78, 5) is 0. The average Bonchev–Trinajstić information content (AvgIpc) is 2.75. The fraction of sp³-hybridized carbons (Fsp3) is 0.455. The summed E-state index contributed by atoms with van der Waals surface area (Å²) in [6.07, 6.45) is 2.97. The minimum Gasteiger partial charge on any atom is -0.496 e. The highest BCUT2D eigenvalue weighted by molar-refractivity contribution is 5.64. The molecule has 0 fully saturated rings. The van der Waals surface area contributed by atoms with Crippen LogP contribution < -0.4 is 28.4 Å². The van der Waals surface area contributed by atoms with Crippen LogP contribution in [0.15, 0.2) is 18.2 Å². The average molecular weight is 388 g/mol. The summed E-state index contributed by atoms with van der Waals surface area (Å²) in [6.45, 7) is 0. The first-order chi connectivity index (χ1) is 13.6. The van der Waals surface area contributed by atoms with Crippen molar-refractivity contribution in [3.05, 3.63) is 34.9 Å². The molecule has 0 saturated heterocycles. The van der Waals surface area contributed by atoms with Gasteiger partial charge in [-0.25, -0.2) is 0 Å². The number of fused-ring (bicyclic) bond motifs is 1. The Balaban J connectivity index is 2.25. The van der Waals surface area contributed by atoms with Crippen molar-refractivity contribution in [2.75, 3.05) is 42.7 Å². The highest BCUT2D eigenvalue weighted by Gasteiger charge is 2.32. The molecule has 152 valence electrons. The van der Waals surface area contributed by atoms with Crippen LogP contribution in [0.3, 0.4) is 0 Å². The Morgan fingerprint density at radius 3 is 1.82 bits per heavy atom. The first kappa shape index (κ1) is 20.0. The number of rotatable bonds is 7. The minimum atomic E-state index is 0.0771. The molecule has 0 aliphatic heterocycles. The lowest BCUT2D eigenvalue weighted by molar-refractivity contribution is 0.318. The summed E-state index contributed by atoms with van der Waals surface area (Å²) in [7, 11) is 9.85. The molecule has 28 heavy (non-hydrogen) atoms. The van der Waals surface area contributed by atoms with Gasteiger partial charge >= 0.3 is 0 Å². The van der Waals surface area contributed by atoms with Crippen LogP contribution in [0.1, 0.15) is 35.4 Å². The molecule has 0 spiro atoms. The number of methoxy groups -OCH3 is 6. The third-order valence-electron chi connectivity index (χ3n) is 5.35. The molecule has 2 aromatic rings. The maximum atomic E-state index is 5.80. The number of hydrogen-bond donors (Lipinski definition) is 0. The fourth-order valence-electron chi connectivity index (χ4n) is 4.10. The van der Waals surface area contributed by atoms with Crippen molar-refractivity contribution in [2.45, 2.75) is 25.2 Å². The van der Waals surface area contributed by atoms with E-state index in [4.69, 9.17) is 28.4 Å². The molecule has 2 aromatic carbocycles. The van der Waals surface area contributed by atoms with Crippen molar-refractivity contribution < 1.29 is 28.4 Å². The van der Waals surface area contributed by atoms with Gasteiger partial charge in [-0.1, -0.05) is 0 Å². The first-order valence-electron chi connectivity index (χ1n) is 9.25. The molecule has 0 N–H and O–H groups in total. The minimum absolute atomic E-state index is 0.0771. The van der Waals surface area contributed by atoms with Gasteiger partial charge in [-0.3, -0.25) is 0 Å².